The predicted octanol–water partition coefficient (Wildman–Crippen LogP) is 2.63. The van der Waals surface area contributed by atoms with Crippen molar-refractivity contribution in [3.8, 4) is 0 Å². The highest BCUT2D eigenvalue weighted by atomic mass is 16.6. The Balaban J connectivity index is 1.94. The Morgan fingerprint density at radius 2 is 2.17 bits per heavy atom. The van der Waals surface area contributed by atoms with Crippen LogP contribution in [0.2, 0.25) is 0 Å². The fourth-order valence-corrected chi connectivity index (χ4v) is 2.90. The molecule has 1 atom stereocenters. The predicted molar refractivity (Wildman–Crippen MR) is 86.4 cm³/mol. The number of fused-ring (bicyclic) bond motifs is 1. The number of amides is 1. The molecular weight excluding hydrogens is 296 g/mol. The molecule has 0 aliphatic carbocycles. The van der Waals surface area contributed by atoms with Crippen LogP contribution >= 0.6 is 0 Å². The van der Waals surface area contributed by atoms with Crippen molar-refractivity contribution in [1.82, 2.24) is 19.9 Å². The van der Waals surface area contributed by atoms with Gasteiger partial charge in [0.1, 0.15) is 16.9 Å². The van der Waals surface area contributed by atoms with E-state index < -0.39 is 5.60 Å². The van der Waals surface area contributed by atoms with Crippen LogP contribution < -0.4 is 5.56 Å². The summed E-state index contributed by atoms with van der Waals surface area (Å²) < 4.78 is 5.47. The number of aryl methyl sites for hydroxylation is 1. The number of H-pyrrole nitrogens is 2. The molecule has 1 aliphatic rings. The second-order valence-electron chi connectivity index (χ2n) is 6.98. The van der Waals surface area contributed by atoms with Crippen LogP contribution in [0.1, 0.15) is 51.0 Å². The molecule has 3 rings (SSSR count). The Morgan fingerprint density at radius 1 is 1.43 bits per heavy atom. The summed E-state index contributed by atoms with van der Waals surface area (Å²) in [5.41, 5.74) is 1.26. The molecular formula is C16H22N4O3. The standard InChI is InChI=1S/C16H22N4O3/c1-9-8-17-14(21)12-11(9)18-13(19-12)10-6-5-7-20(10)15(22)23-16(2,3)4/h8,10H,5-7H2,1-4H3,(H,17,21)(H,18,19)/t10-/m1/s1. The Bertz CT molecular complexity index is 800. The monoisotopic (exact) mass is 318 g/mol. The molecule has 3 heterocycles. The number of hydrogen-bond acceptors (Lipinski definition) is 4. The van der Waals surface area contributed by atoms with Crippen molar-refractivity contribution >= 4 is 17.1 Å². The normalized spacial score (nSPS) is 18.6. The van der Waals surface area contributed by atoms with Gasteiger partial charge in [0.2, 0.25) is 0 Å². The summed E-state index contributed by atoms with van der Waals surface area (Å²) >= 11 is 0. The molecule has 0 unspecified atom stereocenters. The molecule has 0 bridgehead atoms. The number of carbonyl (C=O) groups is 1. The highest BCUT2D eigenvalue weighted by Crippen LogP contribution is 2.32. The number of likely N-dealkylation sites (tertiary alicyclic amines) is 1. The van der Waals surface area contributed by atoms with Gasteiger partial charge in [-0.1, -0.05) is 0 Å². The van der Waals surface area contributed by atoms with E-state index in [1.807, 2.05) is 27.7 Å². The van der Waals surface area contributed by atoms with Crippen molar-refractivity contribution in [3.63, 3.8) is 0 Å². The van der Waals surface area contributed by atoms with Crippen molar-refractivity contribution in [3.05, 3.63) is 27.9 Å². The Labute approximate surface area is 134 Å². The first-order chi connectivity index (χ1) is 10.8. The zero-order valence-corrected chi connectivity index (χ0v) is 13.9. The van der Waals surface area contributed by atoms with Crippen LogP contribution in [0, 0.1) is 6.92 Å². The van der Waals surface area contributed by atoms with Crippen molar-refractivity contribution in [2.24, 2.45) is 0 Å². The van der Waals surface area contributed by atoms with Crippen molar-refractivity contribution in [2.45, 2.75) is 52.2 Å². The van der Waals surface area contributed by atoms with Crippen molar-refractivity contribution in [1.29, 1.82) is 0 Å². The second kappa shape index (κ2) is 5.40. The number of nitrogens with zero attached hydrogens (tertiary/aromatic N) is 2. The minimum atomic E-state index is -0.536. The minimum absolute atomic E-state index is 0.184. The highest BCUT2D eigenvalue weighted by Gasteiger charge is 2.35. The lowest BCUT2D eigenvalue weighted by molar-refractivity contribution is 0.0219. The van der Waals surface area contributed by atoms with Gasteiger partial charge in [0.15, 0.2) is 0 Å². The molecule has 1 aliphatic heterocycles. The van der Waals surface area contributed by atoms with Gasteiger partial charge in [0, 0.05) is 12.7 Å². The average Bonchev–Trinajstić information content (AvgIpc) is 3.07. The summed E-state index contributed by atoms with van der Waals surface area (Å²) in [5.74, 6) is 0.642. The molecule has 1 saturated heterocycles. The van der Waals surface area contributed by atoms with Crippen LogP contribution in [0.3, 0.4) is 0 Å². The van der Waals surface area contributed by atoms with E-state index in [1.54, 1.807) is 11.1 Å². The van der Waals surface area contributed by atoms with E-state index in [4.69, 9.17) is 4.74 Å². The first-order valence-corrected chi connectivity index (χ1v) is 7.84. The first kappa shape index (κ1) is 15.6. The number of aromatic nitrogens is 3. The maximum Gasteiger partial charge on any atom is 0.410 e. The molecule has 1 amide bonds. The Kier molecular flexibility index (Phi) is 3.66. The van der Waals surface area contributed by atoms with Gasteiger partial charge in [0.25, 0.3) is 5.56 Å². The SMILES string of the molecule is Cc1c[nH]c(=O)c2[nH]c([C@H]3CCCN3C(=O)OC(C)(C)C)nc12. The fraction of sp³-hybridized carbons (Fsp3) is 0.562. The zero-order valence-electron chi connectivity index (χ0n) is 13.9. The Hall–Kier alpha value is -2.31. The number of ether oxygens (including phenoxy) is 1. The lowest BCUT2D eigenvalue weighted by Crippen LogP contribution is -2.36. The molecule has 1 fully saturated rings. The van der Waals surface area contributed by atoms with Crippen molar-refractivity contribution in [2.75, 3.05) is 6.54 Å². The largest absolute Gasteiger partial charge is 0.444 e. The molecule has 0 aromatic carbocycles. The molecule has 2 N–H and O–H groups in total. The van der Waals surface area contributed by atoms with Gasteiger partial charge in [-0.05, 0) is 46.1 Å². The van der Waals surface area contributed by atoms with Crippen LogP contribution in [0.4, 0.5) is 4.79 Å². The topological polar surface area (TPSA) is 91.1 Å². The van der Waals surface area contributed by atoms with E-state index >= 15 is 0 Å². The number of pyridine rings is 1. The lowest BCUT2D eigenvalue weighted by atomic mass is 10.2. The summed E-state index contributed by atoms with van der Waals surface area (Å²) in [6.45, 7) is 8.06. The molecule has 0 spiro atoms. The second-order valence-corrected chi connectivity index (χ2v) is 6.98. The van der Waals surface area contributed by atoms with E-state index in [0.717, 1.165) is 18.4 Å². The molecule has 23 heavy (non-hydrogen) atoms. The van der Waals surface area contributed by atoms with Gasteiger partial charge in [-0.3, -0.25) is 9.69 Å². The highest BCUT2D eigenvalue weighted by molar-refractivity contribution is 5.77. The summed E-state index contributed by atoms with van der Waals surface area (Å²) in [4.78, 5) is 36.3. The quantitative estimate of drug-likeness (QED) is 0.845. The summed E-state index contributed by atoms with van der Waals surface area (Å²) in [6.07, 6.45) is 2.99. The molecule has 2 aromatic heterocycles. The van der Waals surface area contributed by atoms with Gasteiger partial charge in [0.05, 0.1) is 11.6 Å². The van der Waals surface area contributed by atoms with Crippen molar-refractivity contribution < 1.29 is 9.53 Å². The maximum absolute atomic E-state index is 12.4. The minimum Gasteiger partial charge on any atom is -0.444 e. The number of nitrogens with one attached hydrogen (secondary N) is 2. The fourth-order valence-electron chi connectivity index (χ4n) is 2.90. The van der Waals surface area contributed by atoms with Gasteiger partial charge >= 0.3 is 6.09 Å². The van der Waals surface area contributed by atoms with Gasteiger partial charge in [-0.2, -0.15) is 0 Å². The average molecular weight is 318 g/mol. The van der Waals surface area contributed by atoms with Crippen LogP contribution in [0.25, 0.3) is 11.0 Å². The molecule has 0 saturated carbocycles. The molecule has 0 radical (unpaired) electrons. The van der Waals surface area contributed by atoms with Crippen LogP contribution in [-0.4, -0.2) is 38.1 Å². The number of carbonyl (C=O) groups excluding carboxylic acids is 1. The van der Waals surface area contributed by atoms with Crippen LogP contribution in [0.5, 0.6) is 0 Å². The molecule has 7 heteroatoms. The van der Waals surface area contributed by atoms with Crippen LogP contribution in [-0.2, 0) is 4.74 Å². The lowest BCUT2D eigenvalue weighted by Gasteiger charge is -2.27. The first-order valence-electron chi connectivity index (χ1n) is 7.84. The number of aromatic amines is 2. The van der Waals surface area contributed by atoms with Gasteiger partial charge in [-0.25, -0.2) is 9.78 Å². The molecule has 2 aromatic rings. The molecule has 7 nitrogen and oxygen atoms in total. The summed E-state index contributed by atoms with van der Waals surface area (Å²) in [6, 6.07) is -0.184. The van der Waals surface area contributed by atoms with Crippen LogP contribution in [0.15, 0.2) is 11.0 Å². The van der Waals surface area contributed by atoms with E-state index in [-0.39, 0.29) is 17.7 Å². The third-order valence-electron chi connectivity index (χ3n) is 3.94. The summed E-state index contributed by atoms with van der Waals surface area (Å²) in [5, 5.41) is 0. The van der Waals surface area contributed by atoms with Gasteiger partial charge < -0.3 is 14.7 Å². The number of imidazole rings is 1. The number of hydrogen-bond donors (Lipinski definition) is 2. The van der Waals surface area contributed by atoms with E-state index in [1.165, 1.54) is 0 Å². The van der Waals surface area contributed by atoms with E-state index in [9.17, 15) is 9.59 Å². The maximum atomic E-state index is 12.4. The summed E-state index contributed by atoms with van der Waals surface area (Å²) in [7, 11) is 0. The zero-order chi connectivity index (χ0) is 16.8. The van der Waals surface area contributed by atoms with Gasteiger partial charge in [-0.15, -0.1) is 0 Å². The van der Waals surface area contributed by atoms with E-state index in [2.05, 4.69) is 15.0 Å². The third kappa shape index (κ3) is 2.95. The van der Waals surface area contributed by atoms with E-state index in [0.29, 0.717) is 23.4 Å². The Morgan fingerprint density at radius 3 is 2.83 bits per heavy atom. The third-order valence-corrected chi connectivity index (χ3v) is 3.94. The smallest absolute Gasteiger partial charge is 0.410 e. The number of rotatable bonds is 1. The molecule has 124 valence electrons.